The number of carbonyl (C=O) groups is 2. The molecule has 0 aliphatic carbocycles. The fraction of sp³-hybridized carbons (Fsp3) is 0.286. The molecule has 140 valence electrons. The Labute approximate surface area is 162 Å². The summed E-state index contributed by atoms with van der Waals surface area (Å²) in [6.45, 7) is 1.60. The van der Waals surface area contributed by atoms with Crippen LogP contribution >= 0.6 is 11.3 Å². The van der Waals surface area contributed by atoms with Gasteiger partial charge in [-0.3, -0.25) is 9.59 Å². The van der Waals surface area contributed by atoms with Crippen molar-refractivity contribution in [1.82, 2.24) is 4.98 Å². The van der Waals surface area contributed by atoms with Gasteiger partial charge in [-0.15, -0.1) is 11.3 Å². The van der Waals surface area contributed by atoms with Gasteiger partial charge in [0.15, 0.2) is 6.10 Å². The Kier molecular flexibility index (Phi) is 6.19. The molecule has 0 spiro atoms. The number of esters is 1. The minimum atomic E-state index is -0.815. The summed E-state index contributed by atoms with van der Waals surface area (Å²) >= 11 is 1.65. The summed E-state index contributed by atoms with van der Waals surface area (Å²) < 4.78 is 6.46. The van der Waals surface area contributed by atoms with Crippen LogP contribution in [0.3, 0.4) is 0 Å². The first-order valence-corrected chi connectivity index (χ1v) is 9.73. The van der Waals surface area contributed by atoms with E-state index in [0.717, 1.165) is 27.3 Å². The smallest absolute Gasteiger partial charge is 0.306 e. The number of rotatable bonds is 7. The van der Waals surface area contributed by atoms with Gasteiger partial charge in [-0.2, -0.15) is 0 Å². The van der Waals surface area contributed by atoms with Crippen LogP contribution in [0.5, 0.6) is 0 Å². The molecule has 0 saturated heterocycles. The highest BCUT2D eigenvalue weighted by atomic mass is 32.1. The second kappa shape index (κ2) is 8.77. The van der Waals surface area contributed by atoms with Crippen LogP contribution in [0.1, 0.15) is 24.8 Å². The SMILES string of the molecule is C[C@H](OC(=O)CCCc1nc2ccccc2s1)C(=O)N(C)c1ccccc1. The number of hydrogen-bond acceptors (Lipinski definition) is 5. The van der Waals surface area contributed by atoms with E-state index in [2.05, 4.69) is 4.98 Å². The molecule has 27 heavy (non-hydrogen) atoms. The quantitative estimate of drug-likeness (QED) is 0.574. The van der Waals surface area contributed by atoms with Gasteiger partial charge in [0.2, 0.25) is 0 Å². The van der Waals surface area contributed by atoms with Crippen molar-refractivity contribution in [2.24, 2.45) is 0 Å². The van der Waals surface area contributed by atoms with Gasteiger partial charge < -0.3 is 9.64 Å². The normalized spacial score (nSPS) is 11.9. The van der Waals surface area contributed by atoms with Gasteiger partial charge in [-0.05, 0) is 44.0 Å². The Bertz CT molecular complexity index is 890. The Morgan fingerprint density at radius 2 is 1.81 bits per heavy atom. The summed E-state index contributed by atoms with van der Waals surface area (Å²) in [5.41, 5.74) is 1.75. The average molecular weight is 382 g/mol. The van der Waals surface area contributed by atoms with Crippen LogP contribution < -0.4 is 4.90 Å². The molecule has 0 aliphatic heterocycles. The van der Waals surface area contributed by atoms with E-state index in [1.807, 2.05) is 54.6 Å². The molecule has 6 heteroatoms. The predicted molar refractivity (Wildman–Crippen MR) is 108 cm³/mol. The molecule has 1 amide bonds. The van der Waals surface area contributed by atoms with E-state index >= 15 is 0 Å². The Balaban J connectivity index is 1.46. The Morgan fingerprint density at radius 1 is 1.11 bits per heavy atom. The minimum absolute atomic E-state index is 0.249. The summed E-state index contributed by atoms with van der Waals surface area (Å²) in [5, 5.41) is 1.01. The van der Waals surface area contributed by atoms with E-state index in [1.165, 1.54) is 4.90 Å². The van der Waals surface area contributed by atoms with Crippen LogP contribution in [0, 0.1) is 0 Å². The fourth-order valence-corrected chi connectivity index (χ4v) is 3.78. The van der Waals surface area contributed by atoms with Crippen LogP contribution in [0.2, 0.25) is 0 Å². The molecule has 0 saturated carbocycles. The molecule has 0 bridgehead atoms. The maximum Gasteiger partial charge on any atom is 0.306 e. The van der Waals surface area contributed by atoms with Gasteiger partial charge in [0.25, 0.3) is 5.91 Å². The van der Waals surface area contributed by atoms with E-state index in [0.29, 0.717) is 6.42 Å². The highest BCUT2D eigenvalue weighted by Gasteiger charge is 2.22. The zero-order valence-corrected chi connectivity index (χ0v) is 16.2. The van der Waals surface area contributed by atoms with Crippen LogP contribution in [-0.4, -0.2) is 30.0 Å². The molecule has 1 atom stereocenters. The second-order valence-electron chi connectivity index (χ2n) is 6.29. The average Bonchev–Trinajstić information content (AvgIpc) is 3.10. The van der Waals surface area contributed by atoms with E-state index in [4.69, 9.17) is 4.74 Å². The zero-order valence-electron chi connectivity index (χ0n) is 15.4. The van der Waals surface area contributed by atoms with Crippen LogP contribution in [-0.2, 0) is 20.7 Å². The standard InChI is InChI=1S/C21H22N2O3S/c1-15(21(25)23(2)16-9-4-3-5-10-16)26-20(24)14-8-13-19-22-17-11-6-7-12-18(17)27-19/h3-7,9-12,15H,8,13-14H2,1-2H3/t15-/m0/s1. The molecule has 1 aromatic heterocycles. The van der Waals surface area contributed by atoms with Gasteiger partial charge in [-0.25, -0.2) is 4.98 Å². The number of aromatic nitrogens is 1. The minimum Gasteiger partial charge on any atom is -0.453 e. The zero-order chi connectivity index (χ0) is 19.2. The molecular formula is C21H22N2O3S. The lowest BCUT2D eigenvalue weighted by Gasteiger charge is -2.21. The number of anilines is 1. The van der Waals surface area contributed by atoms with E-state index < -0.39 is 6.10 Å². The third-order valence-corrected chi connectivity index (χ3v) is 5.34. The monoisotopic (exact) mass is 382 g/mol. The van der Waals surface area contributed by atoms with Crippen molar-refractivity contribution in [3.8, 4) is 0 Å². The number of aryl methyl sites for hydroxylation is 1. The van der Waals surface area contributed by atoms with E-state index in [9.17, 15) is 9.59 Å². The molecule has 0 unspecified atom stereocenters. The molecule has 1 heterocycles. The maximum absolute atomic E-state index is 12.4. The number of hydrogen-bond donors (Lipinski definition) is 0. The number of likely N-dealkylation sites (N-methyl/N-ethyl adjacent to an activating group) is 1. The second-order valence-corrected chi connectivity index (χ2v) is 7.41. The van der Waals surface area contributed by atoms with Gasteiger partial charge in [0, 0.05) is 19.2 Å². The number of nitrogens with zero attached hydrogens (tertiary/aromatic N) is 2. The number of thiazole rings is 1. The highest BCUT2D eigenvalue weighted by Crippen LogP contribution is 2.22. The Hall–Kier alpha value is -2.73. The number of amides is 1. The van der Waals surface area contributed by atoms with Crippen molar-refractivity contribution in [1.29, 1.82) is 0 Å². The number of fused-ring (bicyclic) bond motifs is 1. The van der Waals surface area contributed by atoms with Crippen molar-refractivity contribution < 1.29 is 14.3 Å². The van der Waals surface area contributed by atoms with E-state index in [-0.39, 0.29) is 18.3 Å². The molecule has 0 aliphatic rings. The first kappa shape index (κ1) is 19.0. The molecule has 2 aromatic carbocycles. The molecule has 0 N–H and O–H groups in total. The third kappa shape index (κ3) is 4.92. The molecule has 3 rings (SSSR count). The van der Waals surface area contributed by atoms with Crippen LogP contribution in [0.4, 0.5) is 5.69 Å². The summed E-state index contributed by atoms with van der Waals surface area (Å²) in [6.07, 6.45) is 0.822. The van der Waals surface area contributed by atoms with Gasteiger partial charge in [-0.1, -0.05) is 30.3 Å². The molecular weight excluding hydrogens is 360 g/mol. The Morgan fingerprint density at radius 3 is 2.56 bits per heavy atom. The number of ether oxygens (including phenoxy) is 1. The number of benzene rings is 2. The first-order chi connectivity index (χ1) is 13.0. The van der Waals surface area contributed by atoms with Crippen molar-refractivity contribution in [3.05, 3.63) is 59.6 Å². The fourth-order valence-electron chi connectivity index (χ4n) is 2.77. The van der Waals surface area contributed by atoms with Crippen molar-refractivity contribution >= 4 is 39.1 Å². The third-order valence-electron chi connectivity index (χ3n) is 4.24. The van der Waals surface area contributed by atoms with E-state index in [1.54, 1.807) is 25.3 Å². The molecule has 3 aromatic rings. The van der Waals surface area contributed by atoms with Gasteiger partial charge >= 0.3 is 5.97 Å². The summed E-state index contributed by atoms with van der Waals surface area (Å²) in [7, 11) is 1.68. The lowest BCUT2D eigenvalue weighted by Crippen LogP contribution is -2.37. The van der Waals surface area contributed by atoms with Crippen molar-refractivity contribution in [2.45, 2.75) is 32.3 Å². The van der Waals surface area contributed by atoms with Crippen molar-refractivity contribution in [2.75, 3.05) is 11.9 Å². The molecule has 5 nitrogen and oxygen atoms in total. The number of carbonyl (C=O) groups excluding carboxylic acids is 2. The van der Waals surface area contributed by atoms with Gasteiger partial charge in [0.05, 0.1) is 15.2 Å². The topological polar surface area (TPSA) is 59.5 Å². The molecule has 0 radical (unpaired) electrons. The lowest BCUT2D eigenvalue weighted by atomic mass is 10.2. The van der Waals surface area contributed by atoms with Crippen LogP contribution in [0.15, 0.2) is 54.6 Å². The summed E-state index contributed by atoms with van der Waals surface area (Å²) in [4.78, 5) is 30.5. The predicted octanol–water partition coefficient (Wildman–Crippen LogP) is 4.21. The van der Waals surface area contributed by atoms with Crippen LogP contribution in [0.25, 0.3) is 10.2 Å². The largest absolute Gasteiger partial charge is 0.453 e. The van der Waals surface area contributed by atoms with Crippen molar-refractivity contribution in [3.63, 3.8) is 0 Å². The molecule has 0 fully saturated rings. The highest BCUT2D eigenvalue weighted by molar-refractivity contribution is 7.18. The summed E-state index contributed by atoms with van der Waals surface area (Å²) in [5.74, 6) is -0.612. The maximum atomic E-state index is 12.4. The summed E-state index contributed by atoms with van der Waals surface area (Å²) in [6, 6.07) is 17.3. The lowest BCUT2D eigenvalue weighted by molar-refractivity contribution is -0.153. The van der Waals surface area contributed by atoms with Gasteiger partial charge in [0.1, 0.15) is 0 Å². The number of para-hydroxylation sites is 2. The first-order valence-electron chi connectivity index (χ1n) is 8.91.